The van der Waals surface area contributed by atoms with Crippen molar-refractivity contribution in [1.29, 1.82) is 0 Å². The average Bonchev–Trinajstić information content (AvgIpc) is 2.54. The third-order valence-corrected chi connectivity index (χ3v) is 1.50. The molecule has 0 amide bonds. The number of nitrogens with zero attached hydrogens (tertiary/aromatic N) is 3. The van der Waals surface area contributed by atoms with E-state index in [1.165, 1.54) is 4.68 Å². The zero-order valence-electron chi connectivity index (χ0n) is 6.79. The molecule has 0 bridgehead atoms. The monoisotopic (exact) mass is 396 g/mol. The van der Waals surface area contributed by atoms with Crippen LogP contribution in [-0.4, -0.2) is 20.2 Å². The van der Waals surface area contributed by atoms with Gasteiger partial charge in [0.1, 0.15) is 0 Å². The average molecular weight is 396 g/mol. The molecule has 0 aliphatic heterocycles. The van der Waals surface area contributed by atoms with Gasteiger partial charge in [-0.25, -0.2) is 9.89 Å². The van der Waals surface area contributed by atoms with Crippen molar-refractivity contribution >= 4 is 37.2 Å². The van der Waals surface area contributed by atoms with Gasteiger partial charge in [-0.05, 0) is 23.8 Å². The minimum Gasteiger partial charge on any atom is -0.245 e. The predicted molar refractivity (Wildman–Crippen MR) is 63.7 cm³/mol. The Labute approximate surface area is 93.6 Å². The standard InChI is InChI=1S/C5H10N4O.I2/c1-3-4(2)9-5(10)6-7-8-9;1-2/h4H,3H2,1-2H3,(H,6,8,10);. The van der Waals surface area contributed by atoms with Crippen LogP contribution in [0.25, 0.3) is 0 Å². The highest BCUT2D eigenvalue weighted by molar-refractivity contribution is 15.0. The zero-order chi connectivity index (χ0) is 9.56. The molecule has 0 spiro atoms. The molecule has 0 saturated heterocycles. The number of H-pyrrole nitrogens is 1. The van der Waals surface area contributed by atoms with Gasteiger partial charge in [-0.1, -0.05) is 6.92 Å². The lowest BCUT2D eigenvalue weighted by molar-refractivity contribution is 0.452. The number of hydrogen-bond donors (Lipinski definition) is 1. The Bertz CT molecular complexity index is 258. The van der Waals surface area contributed by atoms with Crippen LogP contribution in [0.3, 0.4) is 0 Å². The topological polar surface area (TPSA) is 63.6 Å². The normalized spacial score (nSPS) is 11.7. The first-order valence-electron chi connectivity index (χ1n) is 3.40. The minimum absolute atomic E-state index is 0.131. The predicted octanol–water partition coefficient (Wildman–Crippen LogP) is 1.71. The second-order valence-corrected chi connectivity index (χ2v) is 2.21. The van der Waals surface area contributed by atoms with Gasteiger partial charge >= 0.3 is 5.69 Å². The molecule has 12 heavy (non-hydrogen) atoms. The lowest BCUT2D eigenvalue weighted by atomic mass is 10.3. The van der Waals surface area contributed by atoms with E-state index in [9.17, 15) is 4.79 Å². The van der Waals surface area contributed by atoms with E-state index in [-0.39, 0.29) is 11.7 Å². The van der Waals surface area contributed by atoms with Crippen LogP contribution in [0.1, 0.15) is 26.3 Å². The Morgan fingerprint density at radius 3 is 2.58 bits per heavy atom. The molecule has 1 rings (SSSR count). The summed E-state index contributed by atoms with van der Waals surface area (Å²) in [4.78, 5) is 10.8. The van der Waals surface area contributed by atoms with E-state index < -0.39 is 0 Å². The third-order valence-electron chi connectivity index (χ3n) is 1.50. The third kappa shape index (κ3) is 3.37. The number of aromatic nitrogens is 4. The summed E-state index contributed by atoms with van der Waals surface area (Å²) >= 11 is 4.24. The van der Waals surface area contributed by atoms with Crippen molar-refractivity contribution < 1.29 is 0 Å². The number of nitrogens with one attached hydrogen (secondary N) is 1. The first-order chi connectivity index (χ1) is 5.75. The van der Waals surface area contributed by atoms with Gasteiger partial charge in [0.05, 0.1) is 6.04 Å². The number of hydrogen-bond acceptors (Lipinski definition) is 3. The molecule has 7 heteroatoms. The number of tetrazole rings is 1. The van der Waals surface area contributed by atoms with Crippen LogP contribution in [0.2, 0.25) is 0 Å². The number of aromatic amines is 1. The molecule has 1 aromatic rings. The molecule has 0 radical (unpaired) electrons. The van der Waals surface area contributed by atoms with E-state index >= 15 is 0 Å². The van der Waals surface area contributed by atoms with E-state index in [2.05, 4.69) is 52.8 Å². The summed E-state index contributed by atoms with van der Waals surface area (Å²) in [5.74, 6) is 0. The van der Waals surface area contributed by atoms with E-state index in [0.29, 0.717) is 0 Å². The minimum atomic E-state index is -0.241. The highest BCUT2D eigenvalue weighted by Gasteiger charge is 2.05. The highest BCUT2D eigenvalue weighted by Crippen LogP contribution is 2.01. The van der Waals surface area contributed by atoms with E-state index in [1.807, 2.05) is 13.8 Å². The lowest BCUT2D eigenvalue weighted by Crippen LogP contribution is -2.21. The van der Waals surface area contributed by atoms with Gasteiger partial charge in [0, 0.05) is 37.2 Å². The Kier molecular flexibility index (Phi) is 6.99. The van der Waals surface area contributed by atoms with Crippen LogP contribution in [0, 0.1) is 0 Å². The quantitative estimate of drug-likeness (QED) is 0.775. The van der Waals surface area contributed by atoms with Crippen molar-refractivity contribution in [3.05, 3.63) is 10.5 Å². The molecule has 1 unspecified atom stereocenters. The van der Waals surface area contributed by atoms with Crippen molar-refractivity contribution in [3.8, 4) is 0 Å². The van der Waals surface area contributed by atoms with Crippen LogP contribution in [0.5, 0.6) is 0 Å². The summed E-state index contributed by atoms with van der Waals surface area (Å²) in [7, 11) is 0. The molecule has 70 valence electrons. The molecule has 1 N–H and O–H groups in total. The lowest BCUT2D eigenvalue weighted by Gasteiger charge is -2.03. The molecule has 1 aromatic heterocycles. The molecular formula is C5H10I2N4O. The second-order valence-electron chi connectivity index (χ2n) is 2.21. The van der Waals surface area contributed by atoms with Crippen molar-refractivity contribution in [2.75, 3.05) is 0 Å². The Morgan fingerprint density at radius 1 is 1.67 bits per heavy atom. The number of rotatable bonds is 2. The smallest absolute Gasteiger partial charge is 0.245 e. The first-order valence-corrected chi connectivity index (χ1v) is 9.68. The molecule has 0 fully saturated rings. The van der Waals surface area contributed by atoms with Crippen molar-refractivity contribution in [1.82, 2.24) is 20.2 Å². The maximum absolute atomic E-state index is 10.8. The molecule has 5 nitrogen and oxygen atoms in total. The molecule has 0 aromatic carbocycles. The molecule has 1 atom stereocenters. The van der Waals surface area contributed by atoms with Crippen LogP contribution in [0.15, 0.2) is 4.79 Å². The molecule has 0 aliphatic rings. The van der Waals surface area contributed by atoms with Crippen molar-refractivity contribution in [2.45, 2.75) is 26.3 Å². The van der Waals surface area contributed by atoms with Gasteiger partial charge in [0.15, 0.2) is 0 Å². The zero-order valence-corrected chi connectivity index (χ0v) is 11.1. The fourth-order valence-electron chi connectivity index (χ4n) is 0.666. The van der Waals surface area contributed by atoms with Crippen LogP contribution in [-0.2, 0) is 0 Å². The van der Waals surface area contributed by atoms with Crippen molar-refractivity contribution in [3.63, 3.8) is 0 Å². The number of halogens is 2. The summed E-state index contributed by atoms with van der Waals surface area (Å²) in [5, 5.41) is 9.18. The SMILES string of the molecule is CCC(C)n1nn[nH]c1=O.II. The maximum atomic E-state index is 10.8. The van der Waals surface area contributed by atoms with Gasteiger partial charge in [0.2, 0.25) is 0 Å². The van der Waals surface area contributed by atoms with Gasteiger partial charge in [0.25, 0.3) is 0 Å². The van der Waals surface area contributed by atoms with Crippen LogP contribution < -0.4 is 5.69 Å². The fraction of sp³-hybridized carbons (Fsp3) is 0.800. The largest absolute Gasteiger partial charge is 0.361 e. The van der Waals surface area contributed by atoms with E-state index in [1.54, 1.807) is 0 Å². The summed E-state index contributed by atoms with van der Waals surface area (Å²) in [6.45, 7) is 3.91. The van der Waals surface area contributed by atoms with Crippen molar-refractivity contribution in [2.24, 2.45) is 0 Å². The highest BCUT2D eigenvalue weighted by atomic mass is 128. The maximum Gasteiger partial charge on any atom is 0.361 e. The second kappa shape index (κ2) is 6.80. The molecule has 0 aliphatic carbocycles. The molecule has 1 heterocycles. The van der Waals surface area contributed by atoms with Gasteiger partial charge < -0.3 is 0 Å². The summed E-state index contributed by atoms with van der Waals surface area (Å²) in [6.07, 6.45) is 0.881. The fourth-order valence-corrected chi connectivity index (χ4v) is 0.666. The van der Waals surface area contributed by atoms with Crippen LogP contribution in [0.4, 0.5) is 0 Å². The Balaban J connectivity index is 0.000000561. The summed E-state index contributed by atoms with van der Waals surface area (Å²) in [5.41, 5.74) is -0.241. The van der Waals surface area contributed by atoms with Gasteiger partial charge in [-0.3, -0.25) is 0 Å². The van der Waals surface area contributed by atoms with E-state index in [4.69, 9.17) is 0 Å². The molecular weight excluding hydrogens is 386 g/mol. The van der Waals surface area contributed by atoms with Gasteiger partial charge in [-0.2, -0.15) is 4.68 Å². The summed E-state index contributed by atoms with van der Waals surface area (Å²) in [6, 6.07) is 0.131. The Morgan fingerprint density at radius 2 is 2.25 bits per heavy atom. The molecule has 0 saturated carbocycles. The van der Waals surface area contributed by atoms with Gasteiger partial charge in [-0.15, -0.1) is 0 Å². The Hall–Kier alpha value is 0.330. The first kappa shape index (κ1) is 12.3. The summed E-state index contributed by atoms with van der Waals surface area (Å²) < 4.78 is 1.33. The van der Waals surface area contributed by atoms with Crippen LogP contribution >= 0.6 is 37.2 Å². The van der Waals surface area contributed by atoms with E-state index in [0.717, 1.165) is 6.42 Å².